The highest BCUT2D eigenvalue weighted by Crippen LogP contribution is 2.34. The molecule has 2 amide bonds. The van der Waals surface area contributed by atoms with E-state index in [0.717, 1.165) is 17.9 Å². The van der Waals surface area contributed by atoms with E-state index in [1.807, 2.05) is 6.92 Å². The standard InChI is InChI=1S/C17H23N3O4S2/c1-12-11-25-15-6-5-13(10-14(15)19-17(12)22)26(23,24)18-7-3-9-20-8-2-4-16(20)21/h5-6,10,12,18H,2-4,7-9,11H2,1H3,(H,19,22). The highest BCUT2D eigenvalue weighted by atomic mass is 32.2. The number of benzene rings is 1. The maximum Gasteiger partial charge on any atom is 0.240 e. The topological polar surface area (TPSA) is 95.6 Å². The Morgan fingerprint density at radius 2 is 2.15 bits per heavy atom. The number of amides is 2. The second kappa shape index (κ2) is 7.98. The summed E-state index contributed by atoms with van der Waals surface area (Å²) in [6.45, 7) is 3.43. The fourth-order valence-corrected chi connectivity index (χ4v) is 5.06. The average molecular weight is 398 g/mol. The van der Waals surface area contributed by atoms with Gasteiger partial charge in [-0.2, -0.15) is 0 Å². The normalized spacial score (nSPS) is 20.7. The lowest BCUT2D eigenvalue weighted by molar-refractivity contribution is -0.127. The summed E-state index contributed by atoms with van der Waals surface area (Å²) in [5.74, 6) is 0.576. The monoisotopic (exact) mass is 397 g/mol. The number of likely N-dealkylation sites (tertiary alicyclic amines) is 1. The van der Waals surface area contributed by atoms with Crippen molar-refractivity contribution in [2.75, 3.05) is 30.7 Å². The molecule has 1 unspecified atom stereocenters. The van der Waals surface area contributed by atoms with Gasteiger partial charge in [0.15, 0.2) is 0 Å². The van der Waals surface area contributed by atoms with Crippen molar-refractivity contribution >= 4 is 39.3 Å². The van der Waals surface area contributed by atoms with Crippen molar-refractivity contribution in [3.63, 3.8) is 0 Å². The Kier molecular flexibility index (Phi) is 5.89. The maximum absolute atomic E-state index is 12.5. The van der Waals surface area contributed by atoms with E-state index in [0.29, 0.717) is 30.8 Å². The molecule has 0 aromatic heterocycles. The number of fused-ring (bicyclic) bond motifs is 1. The zero-order valence-electron chi connectivity index (χ0n) is 14.7. The lowest BCUT2D eigenvalue weighted by Gasteiger charge is -2.15. The summed E-state index contributed by atoms with van der Waals surface area (Å²) in [6, 6.07) is 4.79. The Morgan fingerprint density at radius 3 is 2.88 bits per heavy atom. The average Bonchev–Trinajstić information content (AvgIpc) is 2.95. The zero-order chi connectivity index (χ0) is 18.7. The van der Waals surface area contributed by atoms with Gasteiger partial charge in [-0.05, 0) is 31.0 Å². The van der Waals surface area contributed by atoms with Crippen molar-refractivity contribution in [3.8, 4) is 0 Å². The van der Waals surface area contributed by atoms with E-state index in [1.165, 1.54) is 6.07 Å². The summed E-state index contributed by atoms with van der Waals surface area (Å²) in [7, 11) is -3.66. The molecule has 1 saturated heterocycles. The van der Waals surface area contributed by atoms with Crippen LogP contribution in [-0.4, -0.2) is 50.5 Å². The molecular formula is C17H23N3O4S2. The molecule has 9 heteroatoms. The predicted molar refractivity (Wildman–Crippen MR) is 101 cm³/mol. The zero-order valence-corrected chi connectivity index (χ0v) is 16.3. The summed E-state index contributed by atoms with van der Waals surface area (Å²) < 4.78 is 27.6. The number of anilines is 1. The maximum atomic E-state index is 12.5. The van der Waals surface area contributed by atoms with Gasteiger partial charge in [0.1, 0.15) is 0 Å². The van der Waals surface area contributed by atoms with E-state index >= 15 is 0 Å². The van der Waals surface area contributed by atoms with Crippen molar-refractivity contribution in [3.05, 3.63) is 18.2 Å². The molecule has 1 fully saturated rings. The van der Waals surface area contributed by atoms with Crippen LogP contribution < -0.4 is 10.0 Å². The first-order valence-electron chi connectivity index (χ1n) is 8.72. The van der Waals surface area contributed by atoms with Crippen LogP contribution in [0.5, 0.6) is 0 Å². The number of hydrogen-bond donors (Lipinski definition) is 2. The molecule has 142 valence electrons. The third-order valence-electron chi connectivity index (χ3n) is 4.52. The molecule has 0 bridgehead atoms. The molecule has 2 N–H and O–H groups in total. The van der Waals surface area contributed by atoms with Gasteiger partial charge in [-0.15, -0.1) is 11.8 Å². The minimum atomic E-state index is -3.66. The van der Waals surface area contributed by atoms with Crippen molar-refractivity contribution in [2.24, 2.45) is 5.92 Å². The lowest BCUT2D eigenvalue weighted by atomic mass is 10.2. The van der Waals surface area contributed by atoms with Crippen LogP contribution in [0, 0.1) is 5.92 Å². The fourth-order valence-electron chi connectivity index (χ4n) is 2.95. The first-order chi connectivity index (χ1) is 12.4. The molecule has 0 saturated carbocycles. The van der Waals surface area contributed by atoms with Crippen molar-refractivity contribution in [2.45, 2.75) is 36.0 Å². The highest BCUT2D eigenvalue weighted by molar-refractivity contribution is 7.99. The minimum absolute atomic E-state index is 0.103. The van der Waals surface area contributed by atoms with Crippen LogP contribution in [0.15, 0.2) is 28.0 Å². The van der Waals surface area contributed by atoms with Crippen LogP contribution in [0.1, 0.15) is 26.2 Å². The van der Waals surface area contributed by atoms with Crippen LogP contribution in [0.2, 0.25) is 0 Å². The van der Waals surface area contributed by atoms with E-state index in [1.54, 1.807) is 28.8 Å². The summed E-state index contributed by atoms with van der Waals surface area (Å²) in [5.41, 5.74) is 0.537. The molecule has 3 rings (SSSR count). The van der Waals surface area contributed by atoms with E-state index in [9.17, 15) is 18.0 Å². The number of thioether (sulfide) groups is 1. The number of sulfonamides is 1. The minimum Gasteiger partial charge on any atom is -0.343 e. The quantitative estimate of drug-likeness (QED) is 0.712. The van der Waals surface area contributed by atoms with E-state index in [4.69, 9.17) is 0 Å². The highest BCUT2D eigenvalue weighted by Gasteiger charge is 2.23. The largest absolute Gasteiger partial charge is 0.343 e. The van der Waals surface area contributed by atoms with Crippen LogP contribution in [0.3, 0.4) is 0 Å². The molecule has 26 heavy (non-hydrogen) atoms. The summed E-state index contributed by atoms with van der Waals surface area (Å²) in [6.07, 6.45) is 2.03. The van der Waals surface area contributed by atoms with Crippen molar-refractivity contribution < 1.29 is 18.0 Å². The van der Waals surface area contributed by atoms with Gasteiger partial charge in [-0.1, -0.05) is 6.92 Å². The van der Waals surface area contributed by atoms with Crippen LogP contribution in [-0.2, 0) is 19.6 Å². The molecule has 2 aliphatic heterocycles. The molecule has 1 atom stereocenters. The first kappa shape index (κ1) is 19.2. The number of carbonyl (C=O) groups is 2. The van der Waals surface area contributed by atoms with Crippen molar-refractivity contribution in [1.82, 2.24) is 9.62 Å². The van der Waals surface area contributed by atoms with Crippen LogP contribution in [0.25, 0.3) is 0 Å². The molecule has 1 aromatic carbocycles. The Balaban J connectivity index is 1.61. The fraction of sp³-hybridized carbons (Fsp3) is 0.529. The Labute approximate surface area is 158 Å². The molecule has 0 aliphatic carbocycles. The van der Waals surface area contributed by atoms with Gasteiger partial charge >= 0.3 is 0 Å². The number of nitrogens with zero attached hydrogens (tertiary/aromatic N) is 1. The SMILES string of the molecule is CC1CSc2ccc(S(=O)(=O)NCCCN3CCCC3=O)cc2NC1=O. The van der Waals surface area contributed by atoms with Gasteiger partial charge in [-0.3, -0.25) is 9.59 Å². The number of nitrogens with one attached hydrogen (secondary N) is 2. The van der Waals surface area contributed by atoms with Gasteiger partial charge in [-0.25, -0.2) is 13.1 Å². The summed E-state index contributed by atoms with van der Waals surface area (Å²) in [4.78, 5) is 26.3. The summed E-state index contributed by atoms with van der Waals surface area (Å²) in [5, 5.41) is 2.80. The molecule has 2 aliphatic rings. The molecule has 0 spiro atoms. The van der Waals surface area contributed by atoms with E-state index in [-0.39, 0.29) is 29.2 Å². The number of rotatable bonds is 6. The first-order valence-corrected chi connectivity index (χ1v) is 11.2. The smallest absolute Gasteiger partial charge is 0.240 e. The Bertz CT molecular complexity index is 810. The predicted octanol–water partition coefficient (Wildman–Crippen LogP) is 1.66. The second-order valence-electron chi connectivity index (χ2n) is 6.59. The third-order valence-corrected chi connectivity index (χ3v) is 7.32. The van der Waals surface area contributed by atoms with Gasteiger partial charge in [0.25, 0.3) is 0 Å². The Morgan fingerprint density at radius 1 is 1.35 bits per heavy atom. The molecule has 1 aromatic rings. The Hall–Kier alpha value is -1.58. The summed E-state index contributed by atoms with van der Waals surface area (Å²) >= 11 is 1.54. The van der Waals surface area contributed by atoms with Crippen LogP contribution in [0.4, 0.5) is 5.69 Å². The van der Waals surface area contributed by atoms with Gasteiger partial charge in [0.2, 0.25) is 21.8 Å². The molecule has 2 heterocycles. The van der Waals surface area contributed by atoms with Crippen LogP contribution >= 0.6 is 11.8 Å². The lowest BCUT2D eigenvalue weighted by Crippen LogP contribution is -2.30. The second-order valence-corrected chi connectivity index (χ2v) is 9.42. The molecule has 7 nitrogen and oxygen atoms in total. The number of hydrogen-bond acceptors (Lipinski definition) is 5. The number of carbonyl (C=O) groups excluding carboxylic acids is 2. The van der Waals surface area contributed by atoms with Crippen molar-refractivity contribution in [1.29, 1.82) is 0 Å². The van der Waals surface area contributed by atoms with Gasteiger partial charge in [0, 0.05) is 42.6 Å². The van der Waals surface area contributed by atoms with E-state index in [2.05, 4.69) is 10.0 Å². The third kappa shape index (κ3) is 4.39. The van der Waals surface area contributed by atoms with Gasteiger partial charge in [0.05, 0.1) is 10.6 Å². The molecule has 0 radical (unpaired) electrons. The van der Waals surface area contributed by atoms with Gasteiger partial charge < -0.3 is 10.2 Å². The molecular weight excluding hydrogens is 374 g/mol. The van der Waals surface area contributed by atoms with E-state index < -0.39 is 10.0 Å².